The van der Waals surface area contributed by atoms with E-state index in [1.54, 1.807) is 52.7 Å². The molecule has 0 spiro atoms. The van der Waals surface area contributed by atoms with Crippen LogP contribution in [-0.2, 0) is 6.42 Å². The Morgan fingerprint density at radius 1 is 1.11 bits per heavy atom. The number of pyridine rings is 1. The van der Waals surface area contributed by atoms with Crippen LogP contribution in [0.1, 0.15) is 39.4 Å². The van der Waals surface area contributed by atoms with Crippen LogP contribution in [0.4, 0.5) is 0 Å². The quantitative estimate of drug-likeness (QED) is 0.345. The maximum atomic E-state index is 13.1. The summed E-state index contributed by atoms with van der Waals surface area (Å²) in [5, 5.41) is 15.1. The van der Waals surface area contributed by atoms with E-state index in [2.05, 4.69) is 25.8 Å². The largest absolute Gasteiger partial charge is 0.355 e. The molecule has 1 amide bonds. The van der Waals surface area contributed by atoms with Gasteiger partial charge in [0.05, 0.1) is 5.69 Å². The third kappa shape index (κ3) is 4.07. The minimum atomic E-state index is -0.496. The predicted molar refractivity (Wildman–Crippen MR) is 142 cm³/mol. The fourth-order valence-electron chi connectivity index (χ4n) is 5.06. The Balaban J connectivity index is 1.49. The first-order valence-electron chi connectivity index (χ1n) is 11.8. The Morgan fingerprint density at radius 3 is 2.66 bits per heavy atom. The van der Waals surface area contributed by atoms with Crippen molar-refractivity contribution in [2.24, 2.45) is 0 Å². The number of carbonyl (C=O) groups is 1. The number of carbonyl (C=O) groups excluding carboxylic acids is 1. The lowest BCUT2D eigenvalue weighted by Crippen LogP contribution is -2.26. The van der Waals surface area contributed by atoms with Crippen LogP contribution in [0.5, 0.6) is 0 Å². The van der Waals surface area contributed by atoms with Gasteiger partial charge in [-0.2, -0.15) is 0 Å². The zero-order valence-electron chi connectivity index (χ0n) is 20.0. The van der Waals surface area contributed by atoms with Crippen molar-refractivity contribution >= 4 is 29.1 Å². The molecule has 5 aromatic rings. The number of H-pyrrole nitrogens is 1. The summed E-state index contributed by atoms with van der Waals surface area (Å²) in [6, 6.07) is 17.2. The SMILES string of the molecule is CNC(=O)c1ccc(-c2nc(C3C(c4cc(Cl)ccc4-n4cnnn4)Cc4cccc(=O)n43)[nH]c2Cl)cc1. The molecule has 2 aromatic carbocycles. The Morgan fingerprint density at radius 2 is 1.92 bits per heavy atom. The summed E-state index contributed by atoms with van der Waals surface area (Å²) in [7, 11) is 1.58. The van der Waals surface area contributed by atoms with E-state index in [9.17, 15) is 9.59 Å². The Bertz CT molecular complexity index is 1710. The summed E-state index contributed by atoms with van der Waals surface area (Å²) >= 11 is 13.1. The number of rotatable bonds is 5. The van der Waals surface area contributed by atoms with Gasteiger partial charge in [-0.3, -0.25) is 9.59 Å². The molecule has 3 aromatic heterocycles. The Kier molecular flexibility index (Phi) is 6.05. The molecule has 4 heterocycles. The molecule has 12 heteroatoms. The van der Waals surface area contributed by atoms with Crippen LogP contribution in [0.15, 0.2) is 71.8 Å². The number of benzene rings is 2. The third-order valence-electron chi connectivity index (χ3n) is 6.75. The Hall–Kier alpha value is -4.28. The van der Waals surface area contributed by atoms with Gasteiger partial charge in [-0.05, 0) is 58.8 Å². The van der Waals surface area contributed by atoms with E-state index in [0.29, 0.717) is 33.7 Å². The molecule has 1 aliphatic rings. The van der Waals surface area contributed by atoms with Crippen molar-refractivity contribution in [2.45, 2.75) is 18.4 Å². The fraction of sp³-hybridized carbons (Fsp3) is 0.154. The van der Waals surface area contributed by atoms with Gasteiger partial charge in [0.2, 0.25) is 0 Å². The molecule has 1 aliphatic heterocycles. The van der Waals surface area contributed by atoms with Crippen LogP contribution in [0, 0.1) is 0 Å². The van der Waals surface area contributed by atoms with Crippen molar-refractivity contribution in [3.63, 3.8) is 0 Å². The van der Waals surface area contributed by atoms with E-state index in [-0.39, 0.29) is 17.4 Å². The van der Waals surface area contributed by atoms with Gasteiger partial charge in [-0.25, -0.2) is 9.67 Å². The van der Waals surface area contributed by atoms with Crippen LogP contribution in [0.25, 0.3) is 16.9 Å². The normalized spacial score (nSPS) is 16.4. The summed E-state index contributed by atoms with van der Waals surface area (Å²) in [6.45, 7) is 0. The molecule has 0 fully saturated rings. The van der Waals surface area contributed by atoms with Gasteiger partial charge in [-0.15, -0.1) is 5.10 Å². The van der Waals surface area contributed by atoms with Gasteiger partial charge in [-0.1, -0.05) is 41.4 Å². The van der Waals surface area contributed by atoms with Gasteiger partial charge in [0.25, 0.3) is 11.5 Å². The molecule has 0 bridgehead atoms. The van der Waals surface area contributed by atoms with E-state index in [1.165, 1.54) is 12.4 Å². The number of nitrogens with one attached hydrogen (secondary N) is 2. The highest BCUT2D eigenvalue weighted by atomic mass is 35.5. The van der Waals surface area contributed by atoms with E-state index in [1.807, 2.05) is 18.2 Å². The smallest absolute Gasteiger partial charge is 0.251 e. The first-order valence-corrected chi connectivity index (χ1v) is 12.5. The third-order valence-corrected chi connectivity index (χ3v) is 7.26. The lowest BCUT2D eigenvalue weighted by atomic mass is 9.89. The van der Waals surface area contributed by atoms with Crippen molar-refractivity contribution in [2.75, 3.05) is 7.05 Å². The zero-order chi connectivity index (χ0) is 26.4. The van der Waals surface area contributed by atoms with Gasteiger partial charge < -0.3 is 14.9 Å². The summed E-state index contributed by atoms with van der Waals surface area (Å²) in [6.07, 6.45) is 2.07. The number of aromatic amines is 1. The van der Waals surface area contributed by atoms with Crippen LogP contribution >= 0.6 is 23.2 Å². The molecule has 0 aliphatic carbocycles. The number of fused-ring (bicyclic) bond motifs is 1. The monoisotopic (exact) mass is 546 g/mol. The fourth-order valence-corrected chi connectivity index (χ4v) is 5.49. The molecule has 2 unspecified atom stereocenters. The molecule has 10 nitrogen and oxygen atoms in total. The standard InChI is InChI=1S/C26H20Cl2N8O2/c1-29-26(38)15-7-5-14(6-8-15)22-24(28)32-25(31-22)23-19(12-17-3-2-4-21(37)36(17)23)18-11-16(27)9-10-20(18)35-13-30-33-34-35/h2-11,13,19,23H,12H2,1H3,(H,29,38)(H,31,32). The molecule has 0 saturated heterocycles. The lowest BCUT2D eigenvalue weighted by Gasteiger charge is -2.22. The van der Waals surface area contributed by atoms with E-state index >= 15 is 0 Å². The van der Waals surface area contributed by atoms with E-state index in [4.69, 9.17) is 28.2 Å². The minimum absolute atomic E-state index is 0.148. The van der Waals surface area contributed by atoms with Gasteiger partial charge >= 0.3 is 0 Å². The molecule has 190 valence electrons. The van der Waals surface area contributed by atoms with Crippen molar-refractivity contribution in [3.8, 4) is 16.9 Å². The number of nitrogens with zero attached hydrogens (tertiary/aromatic N) is 6. The van der Waals surface area contributed by atoms with Crippen LogP contribution in [0.2, 0.25) is 10.2 Å². The highest BCUT2D eigenvalue weighted by Gasteiger charge is 2.39. The van der Waals surface area contributed by atoms with E-state index < -0.39 is 6.04 Å². The lowest BCUT2D eigenvalue weighted by molar-refractivity contribution is 0.0963. The second-order valence-corrected chi connectivity index (χ2v) is 9.69. The highest BCUT2D eigenvalue weighted by Crippen LogP contribution is 2.44. The number of hydrogen-bond acceptors (Lipinski definition) is 6. The van der Waals surface area contributed by atoms with Crippen molar-refractivity contribution < 1.29 is 4.79 Å². The summed E-state index contributed by atoms with van der Waals surface area (Å²) in [5.41, 5.74) is 4.10. The average Bonchev–Trinajstić information content (AvgIpc) is 3.67. The molecule has 2 N–H and O–H groups in total. The molecular weight excluding hydrogens is 527 g/mol. The second kappa shape index (κ2) is 9.55. The number of tetrazole rings is 1. The molecular formula is C26H20Cl2N8O2. The molecule has 0 saturated carbocycles. The topological polar surface area (TPSA) is 123 Å². The maximum Gasteiger partial charge on any atom is 0.251 e. The zero-order valence-corrected chi connectivity index (χ0v) is 21.5. The van der Waals surface area contributed by atoms with Crippen molar-refractivity contribution in [1.82, 2.24) is 40.1 Å². The van der Waals surface area contributed by atoms with Gasteiger partial charge in [0.15, 0.2) is 0 Å². The second-order valence-electron chi connectivity index (χ2n) is 8.88. The minimum Gasteiger partial charge on any atom is -0.355 e. The Labute approximate surface area is 226 Å². The van der Waals surface area contributed by atoms with Gasteiger partial charge in [0.1, 0.15) is 29.0 Å². The van der Waals surface area contributed by atoms with Gasteiger partial charge in [0, 0.05) is 40.9 Å². The molecule has 2 atom stereocenters. The first-order chi connectivity index (χ1) is 18.4. The predicted octanol–water partition coefficient (Wildman–Crippen LogP) is 3.81. The number of halogens is 2. The average molecular weight is 547 g/mol. The van der Waals surface area contributed by atoms with Crippen molar-refractivity contribution in [1.29, 1.82) is 0 Å². The molecule has 6 rings (SSSR count). The molecule has 0 radical (unpaired) electrons. The molecule has 38 heavy (non-hydrogen) atoms. The first kappa shape index (κ1) is 24.1. The summed E-state index contributed by atoms with van der Waals surface area (Å²) in [4.78, 5) is 33.1. The maximum absolute atomic E-state index is 13.1. The van der Waals surface area contributed by atoms with Crippen LogP contribution in [0.3, 0.4) is 0 Å². The summed E-state index contributed by atoms with van der Waals surface area (Å²) < 4.78 is 3.31. The van der Waals surface area contributed by atoms with Crippen LogP contribution < -0.4 is 10.9 Å². The summed E-state index contributed by atoms with van der Waals surface area (Å²) in [5.74, 6) is 0.115. The van der Waals surface area contributed by atoms with Crippen molar-refractivity contribution in [3.05, 3.63) is 110 Å². The van der Waals surface area contributed by atoms with E-state index in [0.717, 1.165) is 22.5 Å². The number of aromatic nitrogens is 7. The highest BCUT2D eigenvalue weighted by molar-refractivity contribution is 6.32. The number of imidazole rings is 1. The number of amides is 1. The number of hydrogen-bond donors (Lipinski definition) is 2. The van der Waals surface area contributed by atoms with Crippen LogP contribution in [-0.4, -0.2) is 47.7 Å².